The Kier molecular flexibility index (Phi) is 8.39. The second-order valence-electron chi connectivity index (χ2n) is 7.38. The van der Waals surface area contributed by atoms with Gasteiger partial charge in [0.2, 0.25) is 11.0 Å². The van der Waals surface area contributed by atoms with E-state index in [0.29, 0.717) is 19.5 Å². The van der Waals surface area contributed by atoms with Gasteiger partial charge in [0.15, 0.2) is 0 Å². The topological polar surface area (TPSA) is 49.3 Å². The van der Waals surface area contributed by atoms with Crippen molar-refractivity contribution in [2.75, 3.05) is 24.5 Å². The van der Waals surface area contributed by atoms with E-state index < -0.39 is 0 Å². The lowest BCUT2D eigenvalue weighted by Crippen LogP contribution is -2.41. The molecule has 1 amide bonds. The zero-order valence-corrected chi connectivity index (χ0v) is 18.6. The maximum Gasteiger partial charge on any atom is 0.242 e. The van der Waals surface area contributed by atoms with Crippen LogP contribution < -0.4 is 4.90 Å². The first-order valence-corrected chi connectivity index (χ1v) is 11.4. The molecule has 158 valence electrons. The van der Waals surface area contributed by atoms with Gasteiger partial charge in [-0.05, 0) is 24.0 Å². The average molecular weight is 423 g/mol. The molecule has 0 atom stereocenters. The largest absolute Gasteiger partial charge is 0.341 e. The van der Waals surface area contributed by atoms with Crippen molar-refractivity contribution < 1.29 is 4.79 Å². The summed E-state index contributed by atoms with van der Waals surface area (Å²) in [7, 11) is 0. The molecule has 0 aliphatic rings. The van der Waals surface area contributed by atoms with Crippen LogP contribution in [-0.4, -0.2) is 39.8 Å². The van der Waals surface area contributed by atoms with Crippen LogP contribution in [0, 0.1) is 0 Å². The molecule has 0 N–H and O–H groups in total. The van der Waals surface area contributed by atoms with Gasteiger partial charge < -0.3 is 9.80 Å². The van der Waals surface area contributed by atoms with Crippen molar-refractivity contribution in [3.05, 3.63) is 77.6 Å². The first-order valence-electron chi connectivity index (χ1n) is 10.6. The molecular weight excluding hydrogens is 392 g/mol. The van der Waals surface area contributed by atoms with E-state index in [2.05, 4.69) is 47.4 Å². The van der Waals surface area contributed by atoms with Crippen LogP contribution in [0.4, 0.5) is 5.13 Å². The molecule has 2 aromatic carbocycles. The van der Waals surface area contributed by atoms with Crippen LogP contribution in [0.5, 0.6) is 0 Å². The van der Waals surface area contributed by atoms with Crippen molar-refractivity contribution in [3.63, 3.8) is 0 Å². The van der Waals surface area contributed by atoms with Gasteiger partial charge in [0.1, 0.15) is 5.82 Å². The van der Waals surface area contributed by atoms with Gasteiger partial charge in [0, 0.05) is 37.6 Å². The van der Waals surface area contributed by atoms with E-state index in [4.69, 9.17) is 4.98 Å². The Morgan fingerprint density at radius 2 is 1.50 bits per heavy atom. The number of benzene rings is 2. The lowest BCUT2D eigenvalue weighted by molar-refractivity contribution is -0.129. The molecule has 0 bridgehead atoms. The molecule has 3 rings (SSSR count). The Balaban J connectivity index is 1.78. The summed E-state index contributed by atoms with van der Waals surface area (Å²) in [4.78, 5) is 21.8. The summed E-state index contributed by atoms with van der Waals surface area (Å²) in [5.41, 5.74) is 2.34. The maximum absolute atomic E-state index is 13.0. The molecule has 0 unspecified atom stereocenters. The summed E-state index contributed by atoms with van der Waals surface area (Å²) in [5.74, 6) is 0.945. The average Bonchev–Trinajstić information content (AvgIpc) is 3.23. The third-order valence-electron chi connectivity index (χ3n) is 4.82. The summed E-state index contributed by atoms with van der Waals surface area (Å²) in [5, 5.41) is 0.797. The highest BCUT2D eigenvalue weighted by Crippen LogP contribution is 2.21. The lowest BCUT2D eigenvalue weighted by Gasteiger charge is -2.27. The van der Waals surface area contributed by atoms with Gasteiger partial charge >= 0.3 is 0 Å². The third kappa shape index (κ3) is 6.39. The number of nitrogens with zero attached hydrogens (tertiary/aromatic N) is 4. The number of hydrogen-bond donors (Lipinski definition) is 0. The number of carbonyl (C=O) groups is 1. The summed E-state index contributed by atoms with van der Waals surface area (Å²) < 4.78 is 4.56. The fraction of sp³-hybridized carbons (Fsp3) is 0.375. The van der Waals surface area contributed by atoms with Crippen molar-refractivity contribution in [2.24, 2.45) is 0 Å². The molecule has 6 heteroatoms. The molecule has 3 aromatic rings. The van der Waals surface area contributed by atoms with Gasteiger partial charge in [0.25, 0.3) is 0 Å². The normalized spacial score (nSPS) is 10.7. The minimum atomic E-state index is 0.148. The minimum absolute atomic E-state index is 0.148. The molecule has 0 saturated heterocycles. The molecule has 1 heterocycles. The number of hydrogen-bond acceptors (Lipinski definition) is 5. The smallest absolute Gasteiger partial charge is 0.242 e. The van der Waals surface area contributed by atoms with E-state index in [-0.39, 0.29) is 5.91 Å². The standard InChI is InChI=1S/C24H30N4OS/c1-3-15-27(16-4-2)23(29)19-28(18-21-13-9-6-10-14-21)24-25-22(26-30-24)17-20-11-7-5-8-12-20/h5-14H,3-4,15-19H2,1-2H3. The van der Waals surface area contributed by atoms with Crippen molar-refractivity contribution in [3.8, 4) is 0 Å². The fourth-order valence-corrected chi connectivity index (χ4v) is 4.07. The number of carbonyl (C=O) groups excluding carboxylic acids is 1. The van der Waals surface area contributed by atoms with E-state index in [1.54, 1.807) is 0 Å². The number of rotatable bonds is 11. The number of aromatic nitrogens is 2. The molecular formula is C24H30N4OS. The molecule has 1 aromatic heterocycles. The lowest BCUT2D eigenvalue weighted by atomic mass is 10.1. The van der Waals surface area contributed by atoms with E-state index in [0.717, 1.165) is 42.5 Å². The Hall–Kier alpha value is -2.73. The zero-order chi connectivity index (χ0) is 21.2. The Labute approximate surface area is 183 Å². The van der Waals surface area contributed by atoms with Crippen LogP contribution >= 0.6 is 11.5 Å². The second-order valence-corrected chi connectivity index (χ2v) is 8.11. The molecule has 0 radical (unpaired) electrons. The predicted octanol–water partition coefficient (Wildman–Crippen LogP) is 4.78. The summed E-state index contributed by atoms with van der Waals surface area (Å²) in [6.45, 7) is 6.76. The van der Waals surface area contributed by atoms with Crippen LogP contribution in [0.15, 0.2) is 60.7 Å². The van der Waals surface area contributed by atoms with Gasteiger partial charge in [-0.1, -0.05) is 74.5 Å². The number of anilines is 1. The van der Waals surface area contributed by atoms with Crippen LogP contribution in [0.2, 0.25) is 0 Å². The highest BCUT2D eigenvalue weighted by atomic mass is 32.1. The van der Waals surface area contributed by atoms with Crippen molar-refractivity contribution >= 4 is 22.6 Å². The highest BCUT2D eigenvalue weighted by molar-refractivity contribution is 7.09. The SMILES string of the molecule is CCCN(CCC)C(=O)CN(Cc1ccccc1)c1nc(Cc2ccccc2)ns1. The van der Waals surface area contributed by atoms with Crippen LogP contribution in [0.3, 0.4) is 0 Å². The third-order valence-corrected chi connectivity index (χ3v) is 5.63. The zero-order valence-electron chi connectivity index (χ0n) is 17.8. The van der Waals surface area contributed by atoms with E-state index in [1.165, 1.54) is 17.1 Å². The number of amides is 1. The summed E-state index contributed by atoms with van der Waals surface area (Å²) in [6, 6.07) is 20.4. The van der Waals surface area contributed by atoms with Gasteiger partial charge in [0.05, 0.1) is 6.54 Å². The summed E-state index contributed by atoms with van der Waals surface area (Å²) >= 11 is 1.37. The van der Waals surface area contributed by atoms with Crippen molar-refractivity contribution in [2.45, 2.75) is 39.7 Å². The van der Waals surface area contributed by atoms with E-state index in [1.807, 2.05) is 41.3 Å². The molecule has 0 fully saturated rings. The first-order chi connectivity index (χ1) is 14.7. The predicted molar refractivity (Wildman–Crippen MR) is 124 cm³/mol. The minimum Gasteiger partial charge on any atom is -0.341 e. The Morgan fingerprint density at radius 3 is 2.10 bits per heavy atom. The molecule has 0 aliphatic heterocycles. The van der Waals surface area contributed by atoms with E-state index in [9.17, 15) is 4.79 Å². The van der Waals surface area contributed by atoms with Crippen molar-refractivity contribution in [1.82, 2.24) is 14.3 Å². The Morgan fingerprint density at radius 1 is 0.900 bits per heavy atom. The van der Waals surface area contributed by atoms with Gasteiger partial charge in [-0.3, -0.25) is 4.79 Å². The van der Waals surface area contributed by atoms with Gasteiger partial charge in [-0.15, -0.1) is 0 Å². The summed E-state index contributed by atoms with van der Waals surface area (Å²) in [6.07, 6.45) is 2.62. The molecule has 5 nitrogen and oxygen atoms in total. The quantitative estimate of drug-likeness (QED) is 0.446. The van der Waals surface area contributed by atoms with Crippen LogP contribution in [0.25, 0.3) is 0 Å². The maximum atomic E-state index is 13.0. The van der Waals surface area contributed by atoms with Gasteiger partial charge in [-0.2, -0.15) is 4.37 Å². The molecule has 0 aliphatic carbocycles. The van der Waals surface area contributed by atoms with Crippen LogP contribution in [-0.2, 0) is 17.8 Å². The fourth-order valence-electron chi connectivity index (χ4n) is 3.38. The van der Waals surface area contributed by atoms with Gasteiger partial charge in [-0.25, -0.2) is 4.98 Å². The van der Waals surface area contributed by atoms with Crippen LogP contribution in [0.1, 0.15) is 43.6 Å². The second kappa shape index (κ2) is 11.5. The highest BCUT2D eigenvalue weighted by Gasteiger charge is 2.20. The van der Waals surface area contributed by atoms with Crippen molar-refractivity contribution in [1.29, 1.82) is 0 Å². The van der Waals surface area contributed by atoms with E-state index >= 15 is 0 Å². The molecule has 0 spiro atoms. The monoisotopic (exact) mass is 422 g/mol. The Bertz CT molecular complexity index is 892. The molecule has 30 heavy (non-hydrogen) atoms. The first kappa shape index (κ1) is 22.0. The molecule has 0 saturated carbocycles.